The first-order chi connectivity index (χ1) is 29.8. The Morgan fingerprint density at radius 2 is 1.76 bits per heavy atom. The van der Waals surface area contributed by atoms with Gasteiger partial charge in [0.15, 0.2) is 0 Å². The first-order valence-corrected chi connectivity index (χ1v) is 22.5. The van der Waals surface area contributed by atoms with Crippen molar-refractivity contribution in [1.82, 2.24) is 0 Å². The van der Waals surface area contributed by atoms with Crippen LogP contribution in [0.25, 0.3) is 0 Å². The van der Waals surface area contributed by atoms with E-state index in [-0.39, 0.29) is 74.0 Å². The molecule has 0 unspecified atom stereocenters. The van der Waals surface area contributed by atoms with Gasteiger partial charge in [-0.25, -0.2) is 4.79 Å². The van der Waals surface area contributed by atoms with E-state index in [1.807, 2.05) is 37.3 Å². The molecule has 11 nitrogen and oxygen atoms in total. The summed E-state index contributed by atoms with van der Waals surface area (Å²) in [6.45, 7) is 3.57. The van der Waals surface area contributed by atoms with E-state index in [9.17, 15) is 35.1 Å². The summed E-state index contributed by atoms with van der Waals surface area (Å²) in [7, 11) is 0. The number of aromatic hydroxyl groups is 1. The summed E-state index contributed by atoms with van der Waals surface area (Å²) < 4.78 is 12.3. The van der Waals surface area contributed by atoms with Crippen molar-refractivity contribution in [3.8, 4) is 23.3 Å². The number of nitrogens with one attached hydrogen (secondary N) is 1. The van der Waals surface area contributed by atoms with Gasteiger partial charge in [-0.3, -0.25) is 9.59 Å². The van der Waals surface area contributed by atoms with Crippen molar-refractivity contribution in [3.63, 3.8) is 0 Å². The molecule has 62 heavy (non-hydrogen) atoms. The molecule has 8 atom stereocenters. The molecule has 0 radical (unpaired) electrons. The number of carbonyl (C=O) groups is 3. The second kappa shape index (κ2) is 18.0. The van der Waals surface area contributed by atoms with Crippen LogP contribution < -0.4 is 10.1 Å². The molecule has 8 rings (SSSR count). The van der Waals surface area contributed by atoms with Crippen LogP contribution in [0.2, 0.25) is 0 Å². The minimum atomic E-state index is -1.62. The highest BCUT2D eigenvalue weighted by Crippen LogP contribution is 2.48. The normalized spacial score (nSPS) is 29.5. The number of ketones is 1. The molecule has 2 fully saturated rings. The van der Waals surface area contributed by atoms with E-state index in [1.165, 1.54) is 6.07 Å². The summed E-state index contributed by atoms with van der Waals surface area (Å²) in [6.07, 6.45) is 3.91. The van der Waals surface area contributed by atoms with Gasteiger partial charge in [0.05, 0.1) is 31.2 Å². The summed E-state index contributed by atoms with van der Waals surface area (Å²) >= 11 is 0. The molecule has 3 heterocycles. The number of Topliss-reactive ketones (excluding diaryl/α,β-unsaturated/α-hetero) is 1. The van der Waals surface area contributed by atoms with Crippen LogP contribution in [0.15, 0.2) is 66.2 Å². The average molecular weight is 846 g/mol. The minimum Gasteiger partial charge on any atom is -0.508 e. The lowest BCUT2D eigenvalue weighted by Crippen LogP contribution is -2.54. The molecular weight excluding hydrogens is 787 g/mol. The third-order valence-electron chi connectivity index (χ3n) is 14.2. The molecule has 3 aromatic carbocycles. The van der Waals surface area contributed by atoms with Gasteiger partial charge in [0, 0.05) is 59.5 Å². The van der Waals surface area contributed by atoms with Gasteiger partial charge in [-0.05, 0) is 110 Å². The molecule has 8 bridgehead atoms. The third-order valence-corrected chi connectivity index (χ3v) is 14.2. The Hall–Kier alpha value is -4.99. The van der Waals surface area contributed by atoms with Gasteiger partial charge in [0.2, 0.25) is 0 Å². The Labute approximate surface area is 363 Å². The number of benzene rings is 3. The third kappa shape index (κ3) is 8.80. The SMILES string of the molecule is CCC[C@]1(O)[C@@H]2CCC(=O)[C@@H](Cc3cccc(c3)C3(CCCC3)[C@H](O)/C=C3/C[C@H](c4cc(CO)cc(NC[C@H](C)O)c4)C#C[C@H]4CC(=O)Oc5cc(O)c(cc54)C[C@H]1OC3=O)C2. The molecule has 2 saturated carbocycles. The largest absolute Gasteiger partial charge is 0.508 e. The Bertz CT molecular complexity index is 2300. The van der Waals surface area contributed by atoms with Gasteiger partial charge in [-0.15, -0.1) is 0 Å². The van der Waals surface area contributed by atoms with Gasteiger partial charge in [-0.2, -0.15) is 0 Å². The van der Waals surface area contributed by atoms with E-state index in [1.54, 1.807) is 25.1 Å². The number of anilines is 1. The van der Waals surface area contributed by atoms with Crippen LogP contribution in [-0.2, 0) is 44.0 Å². The summed E-state index contributed by atoms with van der Waals surface area (Å²) in [6, 6.07) is 16.7. The monoisotopic (exact) mass is 845 g/mol. The van der Waals surface area contributed by atoms with Crippen LogP contribution >= 0.6 is 0 Å². The predicted octanol–water partition coefficient (Wildman–Crippen LogP) is 6.59. The summed E-state index contributed by atoms with van der Waals surface area (Å²) in [5.41, 5.74) is 2.55. The van der Waals surface area contributed by atoms with E-state index >= 15 is 4.79 Å². The Balaban J connectivity index is 1.36. The summed E-state index contributed by atoms with van der Waals surface area (Å²) in [5, 5.41) is 61.1. The molecule has 0 saturated heterocycles. The van der Waals surface area contributed by atoms with Crippen LogP contribution in [0.5, 0.6) is 11.5 Å². The fraction of sp³-hybridized carbons (Fsp3) is 0.510. The Morgan fingerprint density at radius 1 is 0.968 bits per heavy atom. The molecule has 1 spiro atoms. The van der Waals surface area contributed by atoms with E-state index in [4.69, 9.17) is 9.47 Å². The Morgan fingerprint density at radius 3 is 2.52 bits per heavy atom. The topological polar surface area (TPSA) is 183 Å². The fourth-order valence-corrected chi connectivity index (χ4v) is 10.9. The van der Waals surface area contributed by atoms with Crippen molar-refractivity contribution in [2.75, 3.05) is 11.9 Å². The number of esters is 2. The van der Waals surface area contributed by atoms with Crippen LogP contribution in [-0.4, -0.2) is 73.7 Å². The summed E-state index contributed by atoms with van der Waals surface area (Å²) in [4.78, 5) is 42.0. The number of carbonyl (C=O) groups excluding carboxylic acids is 3. The number of hydrogen-bond acceptors (Lipinski definition) is 11. The lowest BCUT2D eigenvalue weighted by atomic mass is 9.66. The lowest BCUT2D eigenvalue weighted by molar-refractivity contribution is -0.176. The number of fused-ring (bicyclic) bond motifs is 9. The standard InChI is InChI=1S/C51H59NO10/c1-3-13-51(60)40-11-12-43(55)36(21-40)16-31-7-6-8-39(18-31)50(14-4-5-15-50)46(57)24-38-20-33(35-17-32(29-53)19-41(22-35)52-28-30(2)54)9-10-34-26-48(58)61-45-27-44(56)37(23-42(34)45)25-47(51)62-49(38)59/h6-8,17-19,22-24,27,30,33-34,36,40,46-47,52-54,56-57,60H,3-5,11-16,20-21,25-26,28-29H2,1-2H3/b38-24-/t30-,33+,34-,36-,40+,46+,47+,51-/m0/s1. The van der Waals surface area contributed by atoms with Crippen molar-refractivity contribution >= 4 is 23.4 Å². The molecule has 0 amide bonds. The smallest absolute Gasteiger partial charge is 0.334 e. The van der Waals surface area contributed by atoms with Gasteiger partial charge in [0.1, 0.15) is 29.0 Å². The van der Waals surface area contributed by atoms with Gasteiger partial charge >= 0.3 is 11.9 Å². The van der Waals surface area contributed by atoms with E-state index < -0.39 is 59.0 Å². The maximum Gasteiger partial charge on any atom is 0.334 e. The van der Waals surface area contributed by atoms with Gasteiger partial charge in [-0.1, -0.05) is 68.4 Å². The van der Waals surface area contributed by atoms with E-state index in [0.717, 1.165) is 24.0 Å². The van der Waals surface area contributed by atoms with Crippen LogP contribution in [0.3, 0.4) is 0 Å². The highest BCUT2D eigenvalue weighted by atomic mass is 16.6. The maximum absolute atomic E-state index is 15.2. The molecule has 11 heteroatoms. The minimum absolute atomic E-state index is 0.0322. The number of hydrogen-bond donors (Lipinski definition) is 6. The lowest BCUT2D eigenvalue weighted by Gasteiger charge is -2.45. The van der Waals surface area contributed by atoms with Crippen LogP contribution in [0, 0.1) is 23.7 Å². The predicted molar refractivity (Wildman–Crippen MR) is 232 cm³/mol. The van der Waals surface area contributed by atoms with Gasteiger partial charge < -0.3 is 40.3 Å². The fourth-order valence-electron chi connectivity index (χ4n) is 10.9. The number of aliphatic hydroxyl groups excluding tert-OH is 3. The van der Waals surface area contributed by atoms with Crippen LogP contribution in [0.4, 0.5) is 5.69 Å². The van der Waals surface area contributed by atoms with Crippen molar-refractivity contribution in [1.29, 1.82) is 0 Å². The van der Waals surface area contributed by atoms with Crippen molar-refractivity contribution in [2.24, 2.45) is 11.8 Å². The summed E-state index contributed by atoms with van der Waals surface area (Å²) in [5.74, 6) is 3.42. The number of phenols is 1. The zero-order chi connectivity index (χ0) is 43.8. The van der Waals surface area contributed by atoms with Crippen molar-refractivity contribution in [3.05, 3.63) is 99.6 Å². The quantitative estimate of drug-likeness (QED) is 0.0858. The van der Waals surface area contributed by atoms with E-state index in [0.29, 0.717) is 66.5 Å². The van der Waals surface area contributed by atoms with Crippen molar-refractivity contribution in [2.45, 2.75) is 145 Å². The van der Waals surface area contributed by atoms with Gasteiger partial charge in [0.25, 0.3) is 0 Å². The first kappa shape index (κ1) is 43.7. The van der Waals surface area contributed by atoms with E-state index in [2.05, 4.69) is 23.2 Å². The molecule has 5 aliphatic rings. The number of phenolic OH excluding ortho intramolecular Hbond substituents is 1. The second-order valence-corrected chi connectivity index (χ2v) is 18.5. The molecule has 3 aromatic rings. The van der Waals surface area contributed by atoms with Crippen LogP contribution in [0.1, 0.15) is 130 Å². The highest BCUT2D eigenvalue weighted by molar-refractivity contribution is 5.89. The molecule has 0 aromatic heterocycles. The molecular formula is C51H59NO10. The maximum atomic E-state index is 15.2. The molecule has 328 valence electrons. The Kier molecular flexibility index (Phi) is 12.7. The number of aliphatic hydroxyl groups is 4. The molecule has 6 N–H and O–H groups in total. The molecule has 3 aliphatic heterocycles. The highest BCUT2D eigenvalue weighted by Gasteiger charge is 2.50. The zero-order valence-electron chi connectivity index (χ0n) is 35.7. The first-order valence-electron chi connectivity index (χ1n) is 22.5. The zero-order valence-corrected chi connectivity index (χ0v) is 35.7. The number of rotatable bonds is 7. The second-order valence-electron chi connectivity index (χ2n) is 18.5. The average Bonchev–Trinajstić information content (AvgIpc) is 3.76. The number of ether oxygens (including phenoxy) is 2. The molecule has 2 aliphatic carbocycles. The van der Waals surface area contributed by atoms with Crippen molar-refractivity contribution < 1.29 is 49.4 Å².